The van der Waals surface area contributed by atoms with Crippen molar-refractivity contribution in [1.29, 1.82) is 0 Å². The lowest BCUT2D eigenvalue weighted by atomic mass is 10.0. The van der Waals surface area contributed by atoms with E-state index >= 15 is 0 Å². The van der Waals surface area contributed by atoms with E-state index in [4.69, 9.17) is 5.11 Å². The summed E-state index contributed by atoms with van der Waals surface area (Å²) in [6.07, 6.45) is 10.1. The van der Waals surface area contributed by atoms with Crippen LogP contribution in [0, 0.1) is 0 Å². The van der Waals surface area contributed by atoms with Gasteiger partial charge in [-0.15, -0.1) is 0 Å². The number of aliphatic hydroxyl groups is 1. The van der Waals surface area contributed by atoms with Crippen molar-refractivity contribution in [3.8, 4) is 0 Å². The maximum atomic E-state index is 9.84. The molecule has 1 rings (SSSR count). The lowest BCUT2D eigenvalue weighted by Gasteiger charge is -2.05. The highest BCUT2D eigenvalue weighted by molar-refractivity contribution is 5.80. The van der Waals surface area contributed by atoms with Gasteiger partial charge in [-0.1, -0.05) is 45.1 Å². The van der Waals surface area contributed by atoms with Crippen LogP contribution in [0.25, 0.3) is 0 Å². The van der Waals surface area contributed by atoms with E-state index in [2.05, 4.69) is 11.3 Å². The van der Waals surface area contributed by atoms with Gasteiger partial charge in [0.25, 0.3) is 0 Å². The van der Waals surface area contributed by atoms with Gasteiger partial charge in [-0.3, -0.25) is 0 Å². The summed E-state index contributed by atoms with van der Waals surface area (Å²) in [4.78, 5) is 9.84. The molecular formula is C11H22O3. The lowest BCUT2D eigenvalue weighted by Crippen LogP contribution is -1.91. The zero-order valence-electron chi connectivity index (χ0n) is 9.29. The topological polar surface area (TPSA) is 46.5 Å². The van der Waals surface area contributed by atoms with E-state index in [0.717, 1.165) is 13.2 Å². The van der Waals surface area contributed by atoms with Gasteiger partial charge in [0.15, 0.2) is 0 Å². The number of methoxy groups -OCH3 is 1. The number of hydrogen-bond donors (Lipinski definition) is 1. The van der Waals surface area contributed by atoms with Crippen molar-refractivity contribution in [3.05, 3.63) is 12.7 Å². The van der Waals surface area contributed by atoms with Gasteiger partial charge in [0.1, 0.15) is 0 Å². The molecule has 0 aromatic rings. The Bertz CT molecular complexity index is 117. The van der Waals surface area contributed by atoms with Crippen LogP contribution < -0.4 is 0 Å². The molecule has 0 radical (unpaired) electrons. The first-order chi connectivity index (χ1) is 6.81. The van der Waals surface area contributed by atoms with Crippen LogP contribution in [0.4, 0.5) is 0 Å². The molecule has 1 aliphatic carbocycles. The highest BCUT2D eigenvalue weighted by atomic mass is 16.5. The van der Waals surface area contributed by atoms with E-state index < -0.39 is 5.97 Å². The SMILES string of the molecule is C1CCCCC1.C=CC(=O)OC.CO. The second-order valence-corrected chi connectivity index (χ2v) is 2.85. The molecule has 0 amide bonds. The summed E-state index contributed by atoms with van der Waals surface area (Å²) in [5.74, 6) is -0.394. The molecule has 0 aliphatic heterocycles. The molecule has 1 N–H and O–H groups in total. The van der Waals surface area contributed by atoms with E-state index in [1.54, 1.807) is 0 Å². The van der Waals surface area contributed by atoms with Crippen molar-refractivity contribution in [2.75, 3.05) is 14.2 Å². The quantitative estimate of drug-likeness (QED) is 0.524. The molecule has 1 aliphatic rings. The van der Waals surface area contributed by atoms with Crippen molar-refractivity contribution in [2.45, 2.75) is 38.5 Å². The van der Waals surface area contributed by atoms with Crippen LogP contribution in [0.2, 0.25) is 0 Å². The van der Waals surface area contributed by atoms with E-state index in [1.807, 2.05) is 0 Å². The Morgan fingerprint density at radius 1 is 1.14 bits per heavy atom. The third kappa shape index (κ3) is 13.7. The van der Waals surface area contributed by atoms with Crippen LogP contribution in [0.15, 0.2) is 12.7 Å². The summed E-state index contributed by atoms with van der Waals surface area (Å²) < 4.78 is 4.14. The average molecular weight is 202 g/mol. The van der Waals surface area contributed by atoms with Crippen LogP contribution in [0.1, 0.15) is 38.5 Å². The molecule has 1 saturated carbocycles. The van der Waals surface area contributed by atoms with E-state index in [-0.39, 0.29) is 0 Å². The van der Waals surface area contributed by atoms with Crippen molar-refractivity contribution in [1.82, 2.24) is 0 Å². The number of aliphatic hydroxyl groups excluding tert-OH is 1. The second-order valence-electron chi connectivity index (χ2n) is 2.85. The third-order valence-corrected chi connectivity index (χ3v) is 1.87. The monoisotopic (exact) mass is 202 g/mol. The van der Waals surface area contributed by atoms with Gasteiger partial charge in [-0.05, 0) is 0 Å². The molecule has 0 heterocycles. The molecule has 0 aromatic heterocycles. The first kappa shape index (κ1) is 15.6. The van der Waals surface area contributed by atoms with Gasteiger partial charge in [0.2, 0.25) is 0 Å². The zero-order chi connectivity index (χ0) is 11.2. The van der Waals surface area contributed by atoms with Gasteiger partial charge in [0, 0.05) is 13.2 Å². The first-order valence-corrected chi connectivity index (χ1v) is 4.96. The summed E-state index contributed by atoms with van der Waals surface area (Å²) in [5.41, 5.74) is 0. The van der Waals surface area contributed by atoms with Crippen LogP contribution >= 0.6 is 0 Å². The molecule has 0 spiro atoms. The van der Waals surface area contributed by atoms with Gasteiger partial charge in [-0.2, -0.15) is 0 Å². The van der Waals surface area contributed by atoms with Gasteiger partial charge in [0.05, 0.1) is 7.11 Å². The summed E-state index contributed by atoms with van der Waals surface area (Å²) >= 11 is 0. The molecule has 0 unspecified atom stereocenters. The fraction of sp³-hybridized carbons (Fsp3) is 0.727. The fourth-order valence-electron chi connectivity index (χ4n) is 1.14. The molecule has 0 bridgehead atoms. The van der Waals surface area contributed by atoms with Crippen molar-refractivity contribution >= 4 is 5.97 Å². The largest absolute Gasteiger partial charge is 0.466 e. The molecule has 0 aromatic carbocycles. The Kier molecular flexibility index (Phi) is 16.4. The highest BCUT2D eigenvalue weighted by Gasteiger charge is 1.95. The van der Waals surface area contributed by atoms with Gasteiger partial charge >= 0.3 is 5.97 Å². The van der Waals surface area contributed by atoms with Crippen molar-refractivity contribution < 1.29 is 14.6 Å². The maximum Gasteiger partial charge on any atom is 0.329 e. The number of ether oxygens (including phenoxy) is 1. The zero-order valence-corrected chi connectivity index (χ0v) is 9.29. The molecule has 3 nitrogen and oxygen atoms in total. The highest BCUT2D eigenvalue weighted by Crippen LogP contribution is 2.15. The second kappa shape index (κ2) is 14.7. The predicted octanol–water partition coefficient (Wildman–Crippen LogP) is 2.29. The molecule has 1 fully saturated rings. The van der Waals surface area contributed by atoms with Crippen LogP contribution in [-0.2, 0) is 9.53 Å². The Morgan fingerprint density at radius 2 is 1.43 bits per heavy atom. The predicted molar refractivity (Wildman–Crippen MR) is 58.1 cm³/mol. The molecule has 3 heteroatoms. The average Bonchev–Trinajstić information content (AvgIpc) is 2.33. The standard InChI is InChI=1S/C6H12.C4H6O2.CH4O/c1-2-4-6-5-3-1;1-3-4(5)6-2;1-2/h1-6H2;3H,1H2,2H3;2H,1H3. The minimum atomic E-state index is -0.394. The number of esters is 1. The minimum Gasteiger partial charge on any atom is -0.466 e. The Labute approximate surface area is 86.8 Å². The smallest absolute Gasteiger partial charge is 0.329 e. The lowest BCUT2D eigenvalue weighted by molar-refractivity contribution is -0.134. The summed E-state index contributed by atoms with van der Waals surface area (Å²) in [6.45, 7) is 3.16. The summed E-state index contributed by atoms with van der Waals surface area (Å²) in [7, 11) is 2.31. The number of carbonyl (C=O) groups is 1. The Balaban J connectivity index is 0. The number of rotatable bonds is 1. The van der Waals surface area contributed by atoms with Crippen LogP contribution in [-0.4, -0.2) is 25.3 Å². The first-order valence-electron chi connectivity index (χ1n) is 4.96. The summed E-state index contributed by atoms with van der Waals surface area (Å²) in [6, 6.07) is 0. The number of hydrogen-bond acceptors (Lipinski definition) is 3. The molecule has 0 atom stereocenters. The molecule has 84 valence electrons. The van der Waals surface area contributed by atoms with Gasteiger partial charge in [-0.25, -0.2) is 4.79 Å². The van der Waals surface area contributed by atoms with E-state index in [9.17, 15) is 4.79 Å². The normalized spacial score (nSPS) is 13.6. The number of carbonyl (C=O) groups excluding carboxylic acids is 1. The molecule has 0 saturated heterocycles. The van der Waals surface area contributed by atoms with Crippen molar-refractivity contribution in [3.63, 3.8) is 0 Å². The fourth-order valence-corrected chi connectivity index (χ4v) is 1.14. The van der Waals surface area contributed by atoms with Crippen LogP contribution in [0.3, 0.4) is 0 Å². The Hall–Kier alpha value is -0.830. The minimum absolute atomic E-state index is 0.394. The van der Waals surface area contributed by atoms with Crippen LogP contribution in [0.5, 0.6) is 0 Å². The van der Waals surface area contributed by atoms with E-state index in [1.165, 1.54) is 45.6 Å². The van der Waals surface area contributed by atoms with Crippen molar-refractivity contribution in [2.24, 2.45) is 0 Å². The van der Waals surface area contributed by atoms with E-state index in [0.29, 0.717) is 0 Å². The third-order valence-electron chi connectivity index (χ3n) is 1.87. The Morgan fingerprint density at radius 3 is 1.50 bits per heavy atom. The summed E-state index contributed by atoms with van der Waals surface area (Å²) in [5, 5.41) is 7.00. The molecule has 14 heavy (non-hydrogen) atoms. The molecular weight excluding hydrogens is 180 g/mol. The van der Waals surface area contributed by atoms with Gasteiger partial charge < -0.3 is 9.84 Å². The maximum absolute atomic E-state index is 9.84.